The van der Waals surface area contributed by atoms with Gasteiger partial charge in [0.15, 0.2) is 0 Å². The Morgan fingerprint density at radius 1 is 1.26 bits per heavy atom. The standard InChI is InChI=1S/C16H15N5O2/c1-10-11(13-6-8-20(2)19-13)9-12(15(17)22)16(23)21(10)14-5-3-4-7-18-14/h3-9H,1-2H3,(H2,17,22). The number of nitrogens with zero attached hydrogens (tertiary/aromatic N) is 4. The highest BCUT2D eigenvalue weighted by molar-refractivity contribution is 5.94. The molecule has 3 aromatic heterocycles. The SMILES string of the molecule is Cc1c(-c2ccn(C)n2)cc(C(N)=O)c(=O)n1-c1ccccn1. The lowest BCUT2D eigenvalue weighted by atomic mass is 10.1. The average Bonchev–Trinajstić information content (AvgIpc) is 2.94. The topological polar surface area (TPSA) is 95.8 Å². The third-order valence-corrected chi connectivity index (χ3v) is 3.58. The minimum absolute atomic E-state index is 0.0955. The molecule has 2 N–H and O–H groups in total. The summed E-state index contributed by atoms with van der Waals surface area (Å²) in [6.07, 6.45) is 3.37. The number of carbonyl (C=O) groups excluding carboxylic acids is 1. The van der Waals surface area contributed by atoms with E-state index < -0.39 is 11.5 Å². The van der Waals surface area contributed by atoms with Crippen LogP contribution in [0, 0.1) is 6.92 Å². The average molecular weight is 309 g/mol. The lowest BCUT2D eigenvalue weighted by Gasteiger charge is -2.14. The maximum Gasteiger partial charge on any atom is 0.269 e. The number of nitrogens with two attached hydrogens (primary N) is 1. The van der Waals surface area contributed by atoms with Crippen LogP contribution in [0.25, 0.3) is 17.1 Å². The largest absolute Gasteiger partial charge is 0.365 e. The lowest BCUT2D eigenvalue weighted by Crippen LogP contribution is -2.30. The number of hydrogen-bond acceptors (Lipinski definition) is 4. The molecule has 0 bridgehead atoms. The van der Waals surface area contributed by atoms with E-state index in [2.05, 4.69) is 10.1 Å². The highest BCUT2D eigenvalue weighted by Gasteiger charge is 2.19. The van der Waals surface area contributed by atoms with Crippen LogP contribution in [-0.2, 0) is 7.05 Å². The molecule has 116 valence electrons. The van der Waals surface area contributed by atoms with Crippen LogP contribution in [-0.4, -0.2) is 25.2 Å². The molecule has 0 aromatic carbocycles. The van der Waals surface area contributed by atoms with Gasteiger partial charge in [-0.05, 0) is 31.2 Å². The van der Waals surface area contributed by atoms with Crippen LogP contribution < -0.4 is 11.3 Å². The third kappa shape index (κ3) is 2.52. The molecule has 0 atom stereocenters. The summed E-state index contributed by atoms with van der Waals surface area (Å²) in [4.78, 5) is 28.5. The van der Waals surface area contributed by atoms with Crippen molar-refractivity contribution < 1.29 is 4.79 Å². The smallest absolute Gasteiger partial charge is 0.269 e. The molecule has 0 spiro atoms. The summed E-state index contributed by atoms with van der Waals surface area (Å²) in [5, 5.41) is 4.34. The van der Waals surface area contributed by atoms with Gasteiger partial charge in [0.1, 0.15) is 11.4 Å². The first-order valence-corrected chi connectivity index (χ1v) is 6.97. The lowest BCUT2D eigenvalue weighted by molar-refractivity contribution is 0.0998. The summed E-state index contributed by atoms with van der Waals surface area (Å²) in [7, 11) is 1.79. The fourth-order valence-corrected chi connectivity index (χ4v) is 2.46. The fraction of sp³-hybridized carbons (Fsp3) is 0.125. The molecule has 7 nitrogen and oxygen atoms in total. The summed E-state index contributed by atoms with van der Waals surface area (Å²) in [6.45, 7) is 1.78. The highest BCUT2D eigenvalue weighted by atomic mass is 16.2. The molecule has 3 rings (SSSR count). The Kier molecular flexibility index (Phi) is 3.53. The van der Waals surface area contributed by atoms with Crippen molar-refractivity contribution in [1.82, 2.24) is 19.3 Å². The second-order valence-electron chi connectivity index (χ2n) is 5.12. The van der Waals surface area contributed by atoms with E-state index in [-0.39, 0.29) is 5.56 Å². The zero-order chi connectivity index (χ0) is 16.6. The number of amides is 1. The minimum atomic E-state index is -0.781. The summed E-state index contributed by atoms with van der Waals surface area (Å²) in [5.74, 6) is -0.354. The van der Waals surface area contributed by atoms with Crippen LogP contribution in [0.1, 0.15) is 16.1 Å². The van der Waals surface area contributed by atoms with E-state index in [1.807, 2.05) is 0 Å². The zero-order valence-corrected chi connectivity index (χ0v) is 12.7. The van der Waals surface area contributed by atoms with Gasteiger partial charge in [0, 0.05) is 30.7 Å². The number of aromatic nitrogens is 4. The van der Waals surface area contributed by atoms with Gasteiger partial charge < -0.3 is 5.73 Å². The number of aryl methyl sites for hydroxylation is 1. The monoisotopic (exact) mass is 309 g/mol. The van der Waals surface area contributed by atoms with Gasteiger partial charge in [-0.15, -0.1) is 0 Å². The highest BCUT2D eigenvalue weighted by Crippen LogP contribution is 2.22. The van der Waals surface area contributed by atoms with Crippen molar-refractivity contribution in [3.8, 4) is 17.1 Å². The number of hydrogen-bond donors (Lipinski definition) is 1. The molecule has 0 fully saturated rings. The van der Waals surface area contributed by atoms with Gasteiger partial charge in [-0.1, -0.05) is 6.07 Å². The van der Waals surface area contributed by atoms with Crippen molar-refractivity contribution in [2.24, 2.45) is 12.8 Å². The second-order valence-corrected chi connectivity index (χ2v) is 5.12. The van der Waals surface area contributed by atoms with Gasteiger partial charge in [-0.3, -0.25) is 18.8 Å². The van der Waals surface area contributed by atoms with E-state index in [9.17, 15) is 9.59 Å². The van der Waals surface area contributed by atoms with Crippen molar-refractivity contribution >= 4 is 5.91 Å². The predicted molar refractivity (Wildman–Crippen MR) is 85.3 cm³/mol. The quantitative estimate of drug-likeness (QED) is 0.782. The molecule has 1 amide bonds. The first-order valence-electron chi connectivity index (χ1n) is 6.97. The van der Waals surface area contributed by atoms with E-state index in [1.165, 1.54) is 10.6 Å². The summed E-state index contributed by atoms with van der Waals surface area (Å²) in [5.41, 5.74) is 6.72. The van der Waals surface area contributed by atoms with E-state index in [0.717, 1.165) is 0 Å². The number of rotatable bonds is 3. The normalized spacial score (nSPS) is 10.7. The molecule has 7 heteroatoms. The molecular weight excluding hydrogens is 294 g/mol. The molecule has 0 saturated heterocycles. The van der Waals surface area contributed by atoms with Crippen molar-refractivity contribution in [3.05, 3.63) is 64.3 Å². The maximum atomic E-state index is 12.6. The number of carbonyl (C=O) groups is 1. The van der Waals surface area contributed by atoms with Crippen LogP contribution in [0.3, 0.4) is 0 Å². The first-order chi connectivity index (χ1) is 11.0. The molecule has 3 aromatic rings. The first kappa shape index (κ1) is 14.7. The Hall–Kier alpha value is -3.22. The fourth-order valence-electron chi connectivity index (χ4n) is 2.46. The van der Waals surface area contributed by atoms with Crippen LogP contribution >= 0.6 is 0 Å². The van der Waals surface area contributed by atoms with Crippen LogP contribution in [0.15, 0.2) is 47.5 Å². The van der Waals surface area contributed by atoms with Gasteiger partial charge in [0.2, 0.25) is 0 Å². The molecule has 0 aliphatic heterocycles. The molecule has 0 saturated carbocycles. The van der Waals surface area contributed by atoms with E-state index in [1.54, 1.807) is 55.3 Å². The van der Waals surface area contributed by atoms with Crippen LogP contribution in [0.5, 0.6) is 0 Å². The minimum Gasteiger partial charge on any atom is -0.365 e. The van der Waals surface area contributed by atoms with Gasteiger partial charge in [-0.2, -0.15) is 5.10 Å². The summed E-state index contributed by atoms with van der Waals surface area (Å²) >= 11 is 0. The van der Waals surface area contributed by atoms with Crippen molar-refractivity contribution in [2.45, 2.75) is 6.92 Å². The Morgan fingerprint density at radius 2 is 2.04 bits per heavy atom. The zero-order valence-electron chi connectivity index (χ0n) is 12.7. The Morgan fingerprint density at radius 3 is 2.61 bits per heavy atom. The Bertz CT molecular complexity index is 941. The van der Waals surface area contributed by atoms with Gasteiger partial charge in [-0.25, -0.2) is 4.98 Å². The van der Waals surface area contributed by atoms with E-state index in [0.29, 0.717) is 22.8 Å². The Balaban J connectivity index is 2.37. The Labute approximate surface area is 132 Å². The molecule has 0 aliphatic rings. The molecule has 0 unspecified atom stereocenters. The number of pyridine rings is 2. The van der Waals surface area contributed by atoms with E-state index >= 15 is 0 Å². The van der Waals surface area contributed by atoms with Crippen molar-refractivity contribution in [1.29, 1.82) is 0 Å². The maximum absolute atomic E-state index is 12.6. The predicted octanol–water partition coefficient (Wildman–Crippen LogP) is 1.04. The second kappa shape index (κ2) is 5.53. The van der Waals surface area contributed by atoms with E-state index in [4.69, 9.17) is 5.73 Å². The van der Waals surface area contributed by atoms with Crippen molar-refractivity contribution in [3.63, 3.8) is 0 Å². The van der Waals surface area contributed by atoms with Crippen LogP contribution in [0.2, 0.25) is 0 Å². The molecule has 23 heavy (non-hydrogen) atoms. The van der Waals surface area contributed by atoms with Crippen LogP contribution in [0.4, 0.5) is 0 Å². The molecular formula is C16H15N5O2. The third-order valence-electron chi connectivity index (χ3n) is 3.58. The molecule has 3 heterocycles. The summed E-state index contributed by atoms with van der Waals surface area (Å²) in [6, 6.07) is 8.51. The van der Waals surface area contributed by atoms with Gasteiger partial charge >= 0.3 is 0 Å². The molecule has 0 radical (unpaired) electrons. The van der Waals surface area contributed by atoms with Gasteiger partial charge in [0.05, 0.1) is 5.69 Å². The summed E-state index contributed by atoms with van der Waals surface area (Å²) < 4.78 is 3.03. The van der Waals surface area contributed by atoms with Crippen molar-refractivity contribution in [2.75, 3.05) is 0 Å². The molecule has 0 aliphatic carbocycles. The van der Waals surface area contributed by atoms with Gasteiger partial charge in [0.25, 0.3) is 11.5 Å². The number of primary amides is 1.